The van der Waals surface area contributed by atoms with E-state index in [1.54, 1.807) is 4.90 Å². The lowest BCUT2D eigenvalue weighted by Crippen LogP contribution is -2.50. The number of piperazine rings is 1. The molecule has 1 heterocycles. The summed E-state index contributed by atoms with van der Waals surface area (Å²) in [7, 11) is -3.61. The molecule has 1 aliphatic heterocycles. The van der Waals surface area contributed by atoms with Gasteiger partial charge in [-0.25, -0.2) is 12.8 Å². The minimum absolute atomic E-state index is 0.176. The van der Waals surface area contributed by atoms with Crippen LogP contribution in [0.1, 0.15) is 10.4 Å². The molecule has 0 saturated carbocycles. The second kappa shape index (κ2) is 7.11. The molecule has 25 heavy (non-hydrogen) atoms. The Bertz CT molecular complexity index is 862. The molecule has 0 aromatic heterocycles. The lowest BCUT2D eigenvalue weighted by Gasteiger charge is -2.34. The maximum Gasteiger partial charge on any atom is 0.253 e. The van der Waals surface area contributed by atoms with Gasteiger partial charge in [-0.1, -0.05) is 11.6 Å². The topological polar surface area (TPSA) is 57.7 Å². The largest absolute Gasteiger partial charge is 0.336 e. The van der Waals surface area contributed by atoms with Crippen molar-refractivity contribution in [1.82, 2.24) is 9.21 Å². The molecule has 8 heteroatoms. The fourth-order valence-electron chi connectivity index (χ4n) is 2.66. The van der Waals surface area contributed by atoms with Crippen molar-refractivity contribution in [2.75, 3.05) is 26.2 Å². The minimum Gasteiger partial charge on any atom is -0.336 e. The summed E-state index contributed by atoms with van der Waals surface area (Å²) >= 11 is 5.79. The summed E-state index contributed by atoms with van der Waals surface area (Å²) in [5.41, 5.74) is 0.385. The quantitative estimate of drug-likeness (QED) is 0.820. The Labute approximate surface area is 150 Å². The first kappa shape index (κ1) is 17.8. The zero-order chi connectivity index (χ0) is 18.0. The van der Waals surface area contributed by atoms with E-state index in [1.807, 2.05) is 0 Å². The van der Waals surface area contributed by atoms with Gasteiger partial charge < -0.3 is 4.90 Å². The van der Waals surface area contributed by atoms with E-state index in [0.717, 1.165) is 0 Å². The first-order chi connectivity index (χ1) is 11.9. The zero-order valence-electron chi connectivity index (χ0n) is 13.2. The van der Waals surface area contributed by atoms with Gasteiger partial charge >= 0.3 is 0 Å². The molecule has 0 spiro atoms. The predicted octanol–water partition coefficient (Wildman–Crippen LogP) is 2.63. The summed E-state index contributed by atoms with van der Waals surface area (Å²) < 4.78 is 39.5. The molecule has 0 aliphatic carbocycles. The van der Waals surface area contributed by atoms with Crippen LogP contribution in [0.2, 0.25) is 5.02 Å². The van der Waals surface area contributed by atoms with Gasteiger partial charge in [0.2, 0.25) is 10.0 Å². The van der Waals surface area contributed by atoms with Crippen molar-refractivity contribution in [3.8, 4) is 0 Å². The second-order valence-corrected chi connectivity index (χ2v) is 8.03. The molecule has 5 nitrogen and oxygen atoms in total. The summed E-state index contributed by atoms with van der Waals surface area (Å²) in [4.78, 5) is 14.1. The fraction of sp³-hybridized carbons (Fsp3) is 0.235. The highest BCUT2D eigenvalue weighted by molar-refractivity contribution is 7.89. The average Bonchev–Trinajstić information content (AvgIpc) is 2.62. The van der Waals surface area contributed by atoms with Crippen LogP contribution in [-0.2, 0) is 10.0 Å². The fourth-order valence-corrected chi connectivity index (χ4v) is 4.21. The number of amides is 1. The summed E-state index contributed by atoms with van der Waals surface area (Å²) in [5.74, 6) is -0.640. The number of halogens is 2. The molecule has 0 atom stereocenters. The lowest BCUT2D eigenvalue weighted by molar-refractivity contribution is 0.0698. The molecular weight excluding hydrogens is 367 g/mol. The number of hydrogen-bond donors (Lipinski definition) is 0. The Hall–Kier alpha value is -1.96. The molecule has 0 radical (unpaired) electrons. The molecule has 0 bridgehead atoms. The minimum atomic E-state index is -3.61. The van der Waals surface area contributed by atoms with Crippen molar-refractivity contribution in [2.24, 2.45) is 0 Å². The third kappa shape index (κ3) is 3.84. The Morgan fingerprint density at radius 2 is 1.48 bits per heavy atom. The Morgan fingerprint density at radius 3 is 2.04 bits per heavy atom. The van der Waals surface area contributed by atoms with Crippen LogP contribution in [0.25, 0.3) is 0 Å². The van der Waals surface area contributed by atoms with Crippen LogP contribution >= 0.6 is 11.6 Å². The van der Waals surface area contributed by atoms with E-state index in [-0.39, 0.29) is 37.0 Å². The molecule has 1 saturated heterocycles. The van der Waals surface area contributed by atoms with Crippen LogP contribution in [0.4, 0.5) is 4.39 Å². The van der Waals surface area contributed by atoms with Crippen molar-refractivity contribution >= 4 is 27.5 Å². The van der Waals surface area contributed by atoms with Gasteiger partial charge in [-0.2, -0.15) is 4.31 Å². The summed E-state index contributed by atoms with van der Waals surface area (Å²) in [6.07, 6.45) is 0. The monoisotopic (exact) mass is 382 g/mol. The van der Waals surface area contributed by atoms with Gasteiger partial charge in [0, 0.05) is 36.8 Å². The van der Waals surface area contributed by atoms with Gasteiger partial charge in [0.15, 0.2) is 0 Å². The average molecular weight is 383 g/mol. The Balaban J connectivity index is 1.68. The molecular formula is C17H16ClFN2O3S. The molecule has 1 amide bonds. The summed E-state index contributed by atoms with van der Waals surface area (Å²) in [6.45, 7) is 0.974. The number of benzene rings is 2. The Morgan fingerprint density at radius 1 is 0.920 bits per heavy atom. The van der Waals surface area contributed by atoms with Gasteiger partial charge in [-0.15, -0.1) is 0 Å². The van der Waals surface area contributed by atoms with Crippen molar-refractivity contribution in [3.63, 3.8) is 0 Å². The first-order valence-corrected chi connectivity index (χ1v) is 9.50. The summed E-state index contributed by atoms with van der Waals surface area (Å²) in [6, 6.07) is 11.3. The van der Waals surface area contributed by atoms with Gasteiger partial charge in [0.25, 0.3) is 5.91 Å². The SMILES string of the molecule is O=C(c1ccc(F)cc1)N1CCN(S(=O)(=O)c2ccc(Cl)cc2)CC1. The van der Waals surface area contributed by atoms with E-state index in [0.29, 0.717) is 10.6 Å². The number of carbonyl (C=O) groups is 1. The van der Waals surface area contributed by atoms with Gasteiger partial charge in [0.05, 0.1) is 4.90 Å². The van der Waals surface area contributed by atoms with Crippen molar-refractivity contribution in [1.29, 1.82) is 0 Å². The molecule has 2 aromatic carbocycles. The summed E-state index contributed by atoms with van der Waals surface area (Å²) in [5, 5.41) is 0.466. The van der Waals surface area contributed by atoms with Crippen molar-refractivity contribution < 1.29 is 17.6 Å². The highest BCUT2D eigenvalue weighted by atomic mass is 35.5. The molecule has 1 fully saturated rings. The lowest BCUT2D eigenvalue weighted by atomic mass is 10.2. The number of rotatable bonds is 3. The molecule has 3 rings (SSSR count). The third-order valence-electron chi connectivity index (χ3n) is 4.07. The molecule has 1 aliphatic rings. The number of nitrogens with zero attached hydrogens (tertiary/aromatic N) is 2. The zero-order valence-corrected chi connectivity index (χ0v) is 14.8. The number of hydrogen-bond acceptors (Lipinski definition) is 3. The van der Waals surface area contributed by atoms with Crippen LogP contribution in [-0.4, -0.2) is 49.7 Å². The highest BCUT2D eigenvalue weighted by Crippen LogP contribution is 2.20. The molecule has 0 N–H and O–H groups in total. The maximum atomic E-state index is 13.0. The van der Waals surface area contributed by atoms with Crippen LogP contribution < -0.4 is 0 Å². The van der Waals surface area contributed by atoms with E-state index < -0.39 is 15.8 Å². The van der Waals surface area contributed by atoms with E-state index in [2.05, 4.69) is 0 Å². The molecule has 132 valence electrons. The number of carbonyl (C=O) groups excluding carboxylic acids is 1. The smallest absolute Gasteiger partial charge is 0.253 e. The van der Waals surface area contributed by atoms with Gasteiger partial charge in [0.1, 0.15) is 5.82 Å². The van der Waals surface area contributed by atoms with Crippen LogP contribution in [0.5, 0.6) is 0 Å². The van der Waals surface area contributed by atoms with Crippen LogP contribution in [0.3, 0.4) is 0 Å². The maximum absolute atomic E-state index is 13.0. The first-order valence-electron chi connectivity index (χ1n) is 7.68. The van der Waals surface area contributed by atoms with E-state index in [9.17, 15) is 17.6 Å². The Kier molecular flexibility index (Phi) is 5.08. The third-order valence-corrected chi connectivity index (χ3v) is 6.23. The van der Waals surface area contributed by atoms with E-state index >= 15 is 0 Å². The van der Waals surface area contributed by atoms with E-state index in [4.69, 9.17) is 11.6 Å². The molecule has 0 unspecified atom stereocenters. The van der Waals surface area contributed by atoms with Crippen LogP contribution in [0.15, 0.2) is 53.4 Å². The highest BCUT2D eigenvalue weighted by Gasteiger charge is 2.30. The predicted molar refractivity (Wildman–Crippen MR) is 92.5 cm³/mol. The van der Waals surface area contributed by atoms with Crippen LogP contribution in [0, 0.1) is 5.82 Å². The van der Waals surface area contributed by atoms with Gasteiger partial charge in [-0.05, 0) is 48.5 Å². The standard InChI is InChI=1S/C17H16ClFN2O3S/c18-14-3-7-16(8-4-14)25(23,24)21-11-9-20(10-12-21)17(22)13-1-5-15(19)6-2-13/h1-8H,9-12H2. The van der Waals surface area contributed by atoms with Gasteiger partial charge in [-0.3, -0.25) is 4.79 Å². The van der Waals surface area contributed by atoms with Crippen molar-refractivity contribution in [2.45, 2.75) is 4.90 Å². The van der Waals surface area contributed by atoms with Crippen molar-refractivity contribution in [3.05, 3.63) is 64.9 Å². The molecule has 2 aromatic rings. The number of sulfonamides is 1. The normalized spacial score (nSPS) is 16.0. The van der Waals surface area contributed by atoms with E-state index in [1.165, 1.54) is 52.8 Å². The second-order valence-electron chi connectivity index (χ2n) is 5.66.